The van der Waals surface area contributed by atoms with E-state index in [2.05, 4.69) is 4.98 Å². The van der Waals surface area contributed by atoms with E-state index in [1.165, 1.54) is 12.1 Å². The van der Waals surface area contributed by atoms with Crippen LogP contribution in [0.3, 0.4) is 0 Å². The van der Waals surface area contributed by atoms with Gasteiger partial charge in [0.1, 0.15) is 11.6 Å². The lowest BCUT2D eigenvalue weighted by Gasteiger charge is -2.30. The van der Waals surface area contributed by atoms with Crippen molar-refractivity contribution in [2.75, 3.05) is 19.7 Å². The second-order valence-corrected chi connectivity index (χ2v) is 10.7. The maximum Gasteiger partial charge on any atom is 0.254 e. The van der Waals surface area contributed by atoms with E-state index in [4.69, 9.17) is 16.2 Å². The standard InChI is InChI=1S/C33H42F2N4O3/c1-5-11-39(12-6-2)33(41)29-14-21(4)13-28(32(37)40)31(29)27(17-22-15-23(34)18-24(35)16-22)30(36)20-42-19-26-10-8-9-25(7-3)38-26/h8-10,13-16,18,27,30H,5-7,11-12,17,19-20,36H2,1-4H3,(H2,37,40)/t27-,30?/m1/s1. The first-order valence-electron chi connectivity index (χ1n) is 14.5. The molecule has 0 aliphatic rings. The van der Waals surface area contributed by atoms with E-state index in [1.807, 2.05) is 39.0 Å². The third-order valence-corrected chi connectivity index (χ3v) is 7.15. The molecular weight excluding hydrogens is 538 g/mol. The Labute approximate surface area is 247 Å². The van der Waals surface area contributed by atoms with E-state index in [1.54, 1.807) is 24.0 Å². The average molecular weight is 581 g/mol. The van der Waals surface area contributed by atoms with Crippen molar-refractivity contribution in [1.82, 2.24) is 9.88 Å². The summed E-state index contributed by atoms with van der Waals surface area (Å²) in [5.41, 5.74) is 16.1. The molecule has 1 aromatic heterocycles. The summed E-state index contributed by atoms with van der Waals surface area (Å²) >= 11 is 0. The van der Waals surface area contributed by atoms with Crippen LogP contribution in [-0.2, 0) is 24.2 Å². The van der Waals surface area contributed by atoms with Crippen LogP contribution in [0.5, 0.6) is 0 Å². The summed E-state index contributed by atoms with van der Waals surface area (Å²) in [5, 5.41) is 0. The molecule has 0 saturated carbocycles. The van der Waals surface area contributed by atoms with Crippen molar-refractivity contribution in [3.05, 3.63) is 99.4 Å². The summed E-state index contributed by atoms with van der Waals surface area (Å²) in [7, 11) is 0. The number of nitrogens with zero attached hydrogens (tertiary/aromatic N) is 2. The Balaban J connectivity index is 2.09. The molecule has 0 bridgehead atoms. The molecule has 1 unspecified atom stereocenters. The van der Waals surface area contributed by atoms with Crippen LogP contribution in [0.15, 0.2) is 48.5 Å². The number of primary amides is 1. The largest absolute Gasteiger partial charge is 0.374 e. The summed E-state index contributed by atoms with van der Waals surface area (Å²) in [6, 6.07) is 11.5. The van der Waals surface area contributed by atoms with Gasteiger partial charge in [0.05, 0.1) is 18.9 Å². The van der Waals surface area contributed by atoms with E-state index >= 15 is 0 Å². The number of hydrogen-bond donors (Lipinski definition) is 2. The summed E-state index contributed by atoms with van der Waals surface area (Å²) in [5.74, 6) is -3.16. The van der Waals surface area contributed by atoms with Gasteiger partial charge in [-0.2, -0.15) is 0 Å². The maximum absolute atomic E-state index is 14.2. The van der Waals surface area contributed by atoms with Crippen LogP contribution in [0, 0.1) is 18.6 Å². The topological polar surface area (TPSA) is 112 Å². The van der Waals surface area contributed by atoms with Crippen molar-refractivity contribution in [2.45, 2.75) is 71.9 Å². The number of carbonyl (C=O) groups excluding carboxylic acids is 2. The van der Waals surface area contributed by atoms with Gasteiger partial charge in [-0.05, 0) is 85.7 Å². The quantitative estimate of drug-likeness (QED) is 0.248. The molecule has 9 heteroatoms. The third-order valence-electron chi connectivity index (χ3n) is 7.15. The van der Waals surface area contributed by atoms with Crippen LogP contribution in [-0.4, -0.2) is 47.4 Å². The minimum Gasteiger partial charge on any atom is -0.374 e. The number of halogens is 2. The van der Waals surface area contributed by atoms with Gasteiger partial charge in [0.15, 0.2) is 0 Å². The number of pyridine rings is 1. The fourth-order valence-corrected chi connectivity index (χ4v) is 5.28. The lowest BCUT2D eigenvalue weighted by atomic mass is 9.80. The van der Waals surface area contributed by atoms with E-state index in [0.717, 1.165) is 36.7 Å². The molecule has 2 aromatic carbocycles. The highest BCUT2D eigenvalue weighted by Crippen LogP contribution is 2.33. The molecule has 42 heavy (non-hydrogen) atoms. The minimum atomic E-state index is -0.760. The fraction of sp³-hybridized carbons (Fsp3) is 0.424. The molecule has 2 atom stereocenters. The molecule has 7 nitrogen and oxygen atoms in total. The van der Waals surface area contributed by atoms with Gasteiger partial charge in [0, 0.05) is 47.9 Å². The van der Waals surface area contributed by atoms with Crippen molar-refractivity contribution in [1.29, 1.82) is 0 Å². The van der Waals surface area contributed by atoms with E-state index in [0.29, 0.717) is 35.3 Å². The zero-order valence-corrected chi connectivity index (χ0v) is 25.0. The number of benzene rings is 2. The summed E-state index contributed by atoms with van der Waals surface area (Å²) in [4.78, 5) is 33.1. The highest BCUT2D eigenvalue weighted by molar-refractivity contribution is 6.02. The predicted octanol–water partition coefficient (Wildman–Crippen LogP) is 5.46. The number of amides is 2. The fourth-order valence-electron chi connectivity index (χ4n) is 5.28. The molecule has 226 valence electrons. The van der Waals surface area contributed by atoms with E-state index < -0.39 is 29.5 Å². The maximum atomic E-state index is 14.2. The smallest absolute Gasteiger partial charge is 0.254 e. The second kappa shape index (κ2) is 15.5. The van der Waals surface area contributed by atoms with Crippen molar-refractivity contribution >= 4 is 11.8 Å². The number of aryl methyl sites for hydroxylation is 2. The lowest BCUT2D eigenvalue weighted by molar-refractivity contribution is 0.0751. The molecule has 0 saturated heterocycles. The highest BCUT2D eigenvalue weighted by Gasteiger charge is 2.31. The van der Waals surface area contributed by atoms with Gasteiger partial charge in [-0.25, -0.2) is 8.78 Å². The Kier molecular flexibility index (Phi) is 12.1. The predicted molar refractivity (Wildman–Crippen MR) is 160 cm³/mol. The summed E-state index contributed by atoms with van der Waals surface area (Å²) < 4.78 is 34.4. The van der Waals surface area contributed by atoms with Crippen molar-refractivity contribution in [3.63, 3.8) is 0 Å². The van der Waals surface area contributed by atoms with Gasteiger partial charge < -0.3 is 21.1 Å². The molecule has 4 N–H and O–H groups in total. The molecule has 0 radical (unpaired) electrons. The van der Waals surface area contributed by atoms with Crippen molar-refractivity contribution in [3.8, 4) is 0 Å². The number of carbonyl (C=O) groups is 2. The van der Waals surface area contributed by atoms with Gasteiger partial charge in [-0.15, -0.1) is 0 Å². The number of rotatable bonds is 15. The molecule has 0 fully saturated rings. The highest BCUT2D eigenvalue weighted by atomic mass is 19.1. The van der Waals surface area contributed by atoms with Crippen LogP contribution >= 0.6 is 0 Å². The van der Waals surface area contributed by atoms with Crippen molar-refractivity contribution < 1.29 is 23.1 Å². The monoisotopic (exact) mass is 580 g/mol. The summed E-state index contributed by atoms with van der Waals surface area (Å²) in [6.07, 6.45) is 2.34. The molecule has 0 aliphatic heterocycles. The number of hydrogen-bond acceptors (Lipinski definition) is 5. The molecule has 2 amide bonds. The third kappa shape index (κ3) is 8.66. The Bertz CT molecular complexity index is 1360. The van der Waals surface area contributed by atoms with E-state index in [9.17, 15) is 18.4 Å². The second-order valence-electron chi connectivity index (χ2n) is 10.7. The zero-order chi connectivity index (χ0) is 30.8. The van der Waals surface area contributed by atoms with Crippen molar-refractivity contribution in [2.24, 2.45) is 11.5 Å². The SMILES string of the molecule is CCCN(CCC)C(=O)c1cc(C)cc(C(N)=O)c1[C@H](Cc1cc(F)cc(F)c1)C(N)COCc1cccc(CC)n1. The molecule has 1 heterocycles. The molecule has 3 aromatic rings. The molecule has 3 rings (SSSR count). The molecule has 0 spiro atoms. The first-order chi connectivity index (χ1) is 20.1. The lowest BCUT2D eigenvalue weighted by Crippen LogP contribution is -2.39. The zero-order valence-electron chi connectivity index (χ0n) is 25.0. The van der Waals surface area contributed by atoms with Gasteiger partial charge in [0.2, 0.25) is 5.91 Å². The van der Waals surface area contributed by atoms with Gasteiger partial charge in [-0.1, -0.05) is 26.8 Å². The average Bonchev–Trinajstić information content (AvgIpc) is 2.94. The van der Waals surface area contributed by atoms with Crippen LogP contribution in [0.25, 0.3) is 0 Å². The normalized spacial score (nSPS) is 12.6. The molecule has 0 aliphatic carbocycles. The number of aromatic nitrogens is 1. The summed E-state index contributed by atoms with van der Waals surface area (Å²) in [6.45, 7) is 9.08. The van der Waals surface area contributed by atoms with Crippen LogP contribution in [0.2, 0.25) is 0 Å². The van der Waals surface area contributed by atoms with Crippen LogP contribution < -0.4 is 11.5 Å². The van der Waals surface area contributed by atoms with Gasteiger partial charge in [-0.3, -0.25) is 14.6 Å². The van der Waals surface area contributed by atoms with Crippen LogP contribution in [0.4, 0.5) is 8.78 Å². The van der Waals surface area contributed by atoms with Gasteiger partial charge >= 0.3 is 0 Å². The molecular formula is C33H42F2N4O3. The Morgan fingerprint density at radius 3 is 2.17 bits per heavy atom. The Morgan fingerprint density at radius 2 is 1.57 bits per heavy atom. The Hall–Kier alpha value is -3.69. The number of ether oxygens (including phenoxy) is 1. The van der Waals surface area contributed by atoms with Crippen LogP contribution in [0.1, 0.15) is 88.3 Å². The van der Waals surface area contributed by atoms with Gasteiger partial charge in [0.25, 0.3) is 5.91 Å². The Morgan fingerprint density at radius 1 is 0.952 bits per heavy atom. The first-order valence-corrected chi connectivity index (χ1v) is 14.5. The van der Waals surface area contributed by atoms with E-state index in [-0.39, 0.29) is 31.1 Å². The number of nitrogens with two attached hydrogens (primary N) is 2. The minimum absolute atomic E-state index is 0.0356. The first kappa shape index (κ1) is 32.8.